The summed E-state index contributed by atoms with van der Waals surface area (Å²) in [5.41, 5.74) is 8.08. The minimum Gasteiger partial charge on any atom is -0.508 e. The summed E-state index contributed by atoms with van der Waals surface area (Å²) in [5.74, 6) is 0.0751. The summed E-state index contributed by atoms with van der Waals surface area (Å²) in [6.45, 7) is 0. The molecule has 3 rings (SSSR count). The molecule has 0 bridgehead atoms. The van der Waals surface area contributed by atoms with Crippen LogP contribution in [0.3, 0.4) is 0 Å². The Morgan fingerprint density at radius 1 is 0.833 bits per heavy atom. The zero-order valence-corrected chi connectivity index (χ0v) is 15.2. The quantitative estimate of drug-likeness (QED) is 0.207. The fraction of sp³-hybridized carbons (Fsp3) is 0. The largest absolute Gasteiger partial charge is 0.508 e. The van der Waals surface area contributed by atoms with Crippen molar-refractivity contribution in [2.24, 2.45) is 5.10 Å². The molecule has 11 nitrogen and oxygen atoms in total. The molecule has 0 aliphatic heterocycles. The van der Waals surface area contributed by atoms with Crippen LogP contribution in [-0.2, 0) is 0 Å². The van der Waals surface area contributed by atoms with Crippen LogP contribution in [0.4, 0.5) is 22.7 Å². The maximum atomic E-state index is 11.4. The number of nitrogens with zero attached hydrogens (tertiary/aromatic N) is 3. The van der Waals surface area contributed by atoms with Gasteiger partial charge in [0.25, 0.3) is 5.69 Å². The monoisotopic (exact) mass is 409 g/mol. The third kappa shape index (κ3) is 4.25. The number of hydrogen-bond acceptors (Lipinski definition) is 9. The number of hydrogen-bond donors (Lipinski definition) is 4. The molecule has 0 aliphatic carbocycles. The van der Waals surface area contributed by atoms with E-state index in [0.29, 0.717) is 16.8 Å². The molecule has 0 atom stereocenters. The van der Waals surface area contributed by atoms with Gasteiger partial charge in [-0.2, -0.15) is 5.10 Å². The first-order valence-electron chi connectivity index (χ1n) is 8.41. The van der Waals surface area contributed by atoms with Crippen molar-refractivity contribution in [2.45, 2.75) is 0 Å². The van der Waals surface area contributed by atoms with E-state index in [4.69, 9.17) is 5.73 Å². The van der Waals surface area contributed by atoms with Gasteiger partial charge in [0.2, 0.25) is 0 Å². The van der Waals surface area contributed by atoms with E-state index >= 15 is 0 Å². The van der Waals surface area contributed by atoms with Gasteiger partial charge >= 0.3 is 5.69 Å². The molecular weight excluding hydrogens is 394 g/mol. The van der Waals surface area contributed by atoms with Crippen LogP contribution in [-0.4, -0.2) is 25.8 Å². The zero-order chi connectivity index (χ0) is 21.8. The number of phenolic OH excluding ortho intramolecular Hbond substituents is 2. The lowest BCUT2D eigenvalue weighted by Crippen LogP contribution is -2.08. The van der Waals surface area contributed by atoms with Crippen molar-refractivity contribution in [3.05, 3.63) is 92.0 Å². The van der Waals surface area contributed by atoms with Gasteiger partial charge < -0.3 is 15.9 Å². The number of anilines is 2. The van der Waals surface area contributed by atoms with E-state index in [1.165, 1.54) is 24.3 Å². The Labute approximate surface area is 169 Å². The number of nitrogens with two attached hydrogens (primary N) is 1. The molecule has 0 fully saturated rings. The molecular formula is C19H15N5O6. The van der Waals surface area contributed by atoms with Crippen molar-refractivity contribution in [1.82, 2.24) is 0 Å². The number of nitro groups is 2. The number of rotatable bonds is 6. The van der Waals surface area contributed by atoms with E-state index < -0.39 is 21.2 Å². The minimum atomic E-state index is -0.812. The van der Waals surface area contributed by atoms with Crippen LogP contribution in [0.25, 0.3) is 0 Å². The number of nitro benzene ring substituents is 2. The summed E-state index contributed by atoms with van der Waals surface area (Å²) in [6.07, 6.45) is 0. The molecule has 152 valence electrons. The maximum absolute atomic E-state index is 11.4. The topological polar surface area (TPSA) is 177 Å². The molecule has 3 aromatic rings. The van der Waals surface area contributed by atoms with E-state index in [1.54, 1.807) is 24.3 Å². The maximum Gasteiger partial charge on any atom is 0.301 e. The molecule has 3 aromatic carbocycles. The molecule has 5 N–H and O–H groups in total. The SMILES string of the molecule is Nc1cc(NN=C(c2ccc(O)cc2)c2ccc(O)cc2)c([N+](=O)[O-])cc1[N+](=O)[O-]. The standard InChI is InChI=1S/C19H15N5O6/c20-15-9-16(18(24(29)30)10-17(15)23(27)28)21-22-19(11-1-5-13(25)6-2-11)12-3-7-14(26)8-4-12/h1-10,21,25-26H,20H2. The number of nitrogen functional groups attached to an aromatic ring is 1. The smallest absolute Gasteiger partial charge is 0.301 e. The van der Waals surface area contributed by atoms with Crippen LogP contribution >= 0.6 is 0 Å². The Morgan fingerprint density at radius 3 is 1.73 bits per heavy atom. The minimum absolute atomic E-state index is 0.0375. The zero-order valence-electron chi connectivity index (χ0n) is 15.2. The molecule has 0 heterocycles. The number of phenols is 2. The second kappa shape index (κ2) is 8.14. The first-order chi connectivity index (χ1) is 14.3. The summed E-state index contributed by atoms with van der Waals surface area (Å²) in [5, 5.41) is 45.6. The van der Waals surface area contributed by atoms with Gasteiger partial charge in [-0.25, -0.2) is 0 Å². The van der Waals surface area contributed by atoms with Crippen LogP contribution in [0.15, 0.2) is 65.8 Å². The van der Waals surface area contributed by atoms with Gasteiger partial charge in [0.05, 0.1) is 21.6 Å². The van der Waals surface area contributed by atoms with Gasteiger partial charge in [-0.3, -0.25) is 25.7 Å². The van der Waals surface area contributed by atoms with E-state index in [9.17, 15) is 30.4 Å². The van der Waals surface area contributed by atoms with E-state index in [2.05, 4.69) is 10.5 Å². The second-order valence-electron chi connectivity index (χ2n) is 6.11. The molecule has 0 aromatic heterocycles. The number of hydrazone groups is 1. The van der Waals surface area contributed by atoms with Crippen LogP contribution in [0, 0.1) is 20.2 Å². The predicted octanol–water partition coefficient (Wildman–Crippen LogP) is 3.36. The van der Waals surface area contributed by atoms with Gasteiger partial charge in [0, 0.05) is 17.2 Å². The second-order valence-corrected chi connectivity index (χ2v) is 6.11. The number of nitrogens with one attached hydrogen (secondary N) is 1. The lowest BCUT2D eigenvalue weighted by Gasteiger charge is -2.10. The van der Waals surface area contributed by atoms with Crippen molar-refractivity contribution in [3.63, 3.8) is 0 Å². The molecule has 30 heavy (non-hydrogen) atoms. The molecule has 0 radical (unpaired) electrons. The summed E-state index contributed by atoms with van der Waals surface area (Å²) < 4.78 is 0. The summed E-state index contributed by atoms with van der Waals surface area (Å²) in [7, 11) is 0. The van der Waals surface area contributed by atoms with Crippen LogP contribution in [0.5, 0.6) is 11.5 Å². The fourth-order valence-electron chi connectivity index (χ4n) is 2.64. The van der Waals surface area contributed by atoms with Crippen molar-refractivity contribution in [3.8, 4) is 11.5 Å². The molecule has 0 amide bonds. The molecule has 0 unspecified atom stereocenters. The molecule has 11 heteroatoms. The van der Waals surface area contributed by atoms with Crippen LogP contribution < -0.4 is 11.2 Å². The van der Waals surface area contributed by atoms with E-state index in [-0.39, 0.29) is 22.9 Å². The Morgan fingerprint density at radius 2 is 1.30 bits per heavy atom. The number of benzene rings is 3. The van der Waals surface area contributed by atoms with Crippen LogP contribution in [0.1, 0.15) is 11.1 Å². The van der Waals surface area contributed by atoms with Gasteiger partial charge in [0.1, 0.15) is 22.9 Å². The highest BCUT2D eigenvalue weighted by Gasteiger charge is 2.23. The summed E-state index contributed by atoms with van der Waals surface area (Å²) in [6, 6.07) is 13.9. The summed E-state index contributed by atoms with van der Waals surface area (Å²) in [4.78, 5) is 20.8. The lowest BCUT2D eigenvalue weighted by atomic mass is 10.0. The molecule has 0 spiro atoms. The highest BCUT2D eigenvalue weighted by molar-refractivity contribution is 6.13. The lowest BCUT2D eigenvalue weighted by molar-refractivity contribution is -0.393. The van der Waals surface area contributed by atoms with Gasteiger partial charge in [-0.15, -0.1) is 0 Å². The Kier molecular flexibility index (Phi) is 5.45. The van der Waals surface area contributed by atoms with Crippen molar-refractivity contribution in [1.29, 1.82) is 0 Å². The average Bonchev–Trinajstić information content (AvgIpc) is 2.70. The molecule has 0 saturated heterocycles. The Balaban J connectivity index is 2.09. The Bertz CT molecular complexity index is 1100. The normalized spacial score (nSPS) is 10.3. The molecule has 0 saturated carbocycles. The van der Waals surface area contributed by atoms with Crippen molar-refractivity contribution >= 4 is 28.5 Å². The highest BCUT2D eigenvalue weighted by atomic mass is 16.6. The highest BCUT2D eigenvalue weighted by Crippen LogP contribution is 2.34. The first kappa shape index (κ1) is 20.1. The first-order valence-corrected chi connectivity index (χ1v) is 8.41. The van der Waals surface area contributed by atoms with E-state index in [1.807, 2.05) is 0 Å². The van der Waals surface area contributed by atoms with Crippen LogP contribution in [0.2, 0.25) is 0 Å². The third-order valence-corrected chi connectivity index (χ3v) is 4.11. The third-order valence-electron chi connectivity index (χ3n) is 4.11. The number of aromatic hydroxyl groups is 2. The molecule has 0 aliphatic rings. The van der Waals surface area contributed by atoms with E-state index in [0.717, 1.165) is 12.1 Å². The van der Waals surface area contributed by atoms with Crippen molar-refractivity contribution in [2.75, 3.05) is 11.2 Å². The van der Waals surface area contributed by atoms with Crippen molar-refractivity contribution < 1.29 is 20.1 Å². The average molecular weight is 409 g/mol. The van der Waals surface area contributed by atoms with Gasteiger partial charge in [-0.05, 0) is 48.5 Å². The predicted molar refractivity (Wildman–Crippen MR) is 110 cm³/mol. The Hall–Kier alpha value is -4.67. The van der Waals surface area contributed by atoms with Gasteiger partial charge in [0.15, 0.2) is 0 Å². The summed E-state index contributed by atoms with van der Waals surface area (Å²) >= 11 is 0. The fourth-order valence-corrected chi connectivity index (χ4v) is 2.64. The van der Waals surface area contributed by atoms with Gasteiger partial charge in [-0.1, -0.05) is 0 Å².